The Labute approximate surface area is 68.0 Å². The number of ether oxygens (including phenoxy) is 1. The Balaban J connectivity index is 3.34. The van der Waals surface area contributed by atoms with Gasteiger partial charge in [0.1, 0.15) is 6.10 Å². The zero-order valence-corrected chi connectivity index (χ0v) is 7.29. The molecule has 0 radical (unpaired) electrons. The summed E-state index contributed by atoms with van der Waals surface area (Å²) < 4.78 is 5.19. The molecule has 3 heteroatoms. The SMILES string of the molecule is CCC(C)COC(CO)CO. The zero-order valence-electron chi connectivity index (χ0n) is 7.29. The predicted molar refractivity (Wildman–Crippen MR) is 43.4 cm³/mol. The Morgan fingerprint density at radius 3 is 2.18 bits per heavy atom. The van der Waals surface area contributed by atoms with Crippen molar-refractivity contribution in [3.05, 3.63) is 0 Å². The van der Waals surface area contributed by atoms with Crippen LogP contribution in [0.2, 0.25) is 0 Å². The molecule has 1 unspecified atom stereocenters. The summed E-state index contributed by atoms with van der Waals surface area (Å²) >= 11 is 0. The lowest BCUT2D eigenvalue weighted by Crippen LogP contribution is -2.24. The van der Waals surface area contributed by atoms with Gasteiger partial charge in [0.2, 0.25) is 0 Å². The molecule has 0 fully saturated rings. The largest absolute Gasteiger partial charge is 0.394 e. The molecule has 0 heterocycles. The molecule has 2 N–H and O–H groups in total. The van der Waals surface area contributed by atoms with Crippen molar-refractivity contribution in [2.45, 2.75) is 26.4 Å². The molecule has 1 atom stereocenters. The van der Waals surface area contributed by atoms with Crippen LogP contribution < -0.4 is 0 Å². The molecule has 0 amide bonds. The van der Waals surface area contributed by atoms with E-state index in [9.17, 15) is 0 Å². The van der Waals surface area contributed by atoms with E-state index >= 15 is 0 Å². The molecule has 68 valence electrons. The van der Waals surface area contributed by atoms with Crippen LogP contribution in [0.15, 0.2) is 0 Å². The Morgan fingerprint density at radius 1 is 1.27 bits per heavy atom. The molecule has 0 aromatic carbocycles. The van der Waals surface area contributed by atoms with Crippen LogP contribution in [0.3, 0.4) is 0 Å². The molecule has 0 aromatic rings. The summed E-state index contributed by atoms with van der Waals surface area (Å²) in [6.07, 6.45) is 0.660. The van der Waals surface area contributed by atoms with Crippen LogP contribution in [0.1, 0.15) is 20.3 Å². The summed E-state index contributed by atoms with van der Waals surface area (Å²) in [5, 5.41) is 17.3. The van der Waals surface area contributed by atoms with Crippen LogP contribution in [0.25, 0.3) is 0 Å². The molecule has 0 spiro atoms. The molecular formula is C8H18O3. The minimum absolute atomic E-state index is 0.104. The van der Waals surface area contributed by atoms with Crippen molar-refractivity contribution in [2.24, 2.45) is 5.92 Å². The first-order valence-electron chi connectivity index (χ1n) is 4.07. The fourth-order valence-electron chi connectivity index (χ4n) is 0.581. The topological polar surface area (TPSA) is 49.7 Å². The van der Waals surface area contributed by atoms with Gasteiger partial charge in [0, 0.05) is 6.61 Å². The fraction of sp³-hybridized carbons (Fsp3) is 1.00. The Bertz CT molecular complexity index is 81.4. The Kier molecular flexibility index (Phi) is 6.51. The van der Waals surface area contributed by atoms with E-state index < -0.39 is 6.10 Å². The van der Waals surface area contributed by atoms with Crippen molar-refractivity contribution in [1.82, 2.24) is 0 Å². The smallest absolute Gasteiger partial charge is 0.104 e. The molecule has 0 rings (SSSR count). The number of rotatable bonds is 6. The normalized spacial score (nSPS) is 13.9. The second-order valence-electron chi connectivity index (χ2n) is 2.83. The lowest BCUT2D eigenvalue weighted by atomic mass is 10.1. The van der Waals surface area contributed by atoms with Gasteiger partial charge in [-0.3, -0.25) is 0 Å². The first kappa shape index (κ1) is 10.9. The van der Waals surface area contributed by atoms with E-state index in [1.54, 1.807) is 0 Å². The summed E-state index contributed by atoms with van der Waals surface area (Å²) in [6, 6.07) is 0. The van der Waals surface area contributed by atoms with Gasteiger partial charge in [-0.05, 0) is 5.92 Å². The molecule has 11 heavy (non-hydrogen) atoms. The van der Waals surface area contributed by atoms with Crippen molar-refractivity contribution in [3.63, 3.8) is 0 Å². The van der Waals surface area contributed by atoms with Crippen molar-refractivity contribution in [2.75, 3.05) is 19.8 Å². The molecule has 0 bridgehead atoms. The Hall–Kier alpha value is -0.120. The summed E-state index contributed by atoms with van der Waals surface area (Å²) in [4.78, 5) is 0. The van der Waals surface area contributed by atoms with Gasteiger partial charge in [0.25, 0.3) is 0 Å². The maximum absolute atomic E-state index is 8.63. The summed E-state index contributed by atoms with van der Waals surface area (Å²) in [7, 11) is 0. The molecule has 0 aliphatic carbocycles. The van der Waals surface area contributed by atoms with Gasteiger partial charge in [-0.1, -0.05) is 20.3 Å². The van der Waals surface area contributed by atoms with Crippen molar-refractivity contribution in [1.29, 1.82) is 0 Å². The maximum Gasteiger partial charge on any atom is 0.104 e. The van der Waals surface area contributed by atoms with Gasteiger partial charge < -0.3 is 14.9 Å². The highest BCUT2D eigenvalue weighted by Gasteiger charge is 2.07. The number of hydrogen-bond donors (Lipinski definition) is 2. The van der Waals surface area contributed by atoms with Crippen LogP contribution >= 0.6 is 0 Å². The molecule has 0 aliphatic heterocycles. The molecule has 0 saturated heterocycles. The Morgan fingerprint density at radius 2 is 1.82 bits per heavy atom. The van der Waals surface area contributed by atoms with Crippen molar-refractivity contribution >= 4 is 0 Å². The highest BCUT2D eigenvalue weighted by molar-refractivity contribution is 4.54. The number of aliphatic hydroxyl groups excluding tert-OH is 2. The lowest BCUT2D eigenvalue weighted by Gasteiger charge is -2.15. The van der Waals surface area contributed by atoms with Gasteiger partial charge in [0.05, 0.1) is 13.2 Å². The predicted octanol–water partition coefficient (Wildman–Crippen LogP) is 0.402. The van der Waals surface area contributed by atoms with Crippen LogP contribution in [-0.2, 0) is 4.74 Å². The van der Waals surface area contributed by atoms with Crippen molar-refractivity contribution < 1.29 is 14.9 Å². The molecule has 3 nitrogen and oxygen atoms in total. The van der Waals surface area contributed by atoms with Crippen LogP contribution in [-0.4, -0.2) is 36.1 Å². The second kappa shape index (κ2) is 6.58. The van der Waals surface area contributed by atoms with E-state index in [0.717, 1.165) is 6.42 Å². The molecule has 0 saturated carbocycles. The number of aliphatic hydroxyl groups is 2. The second-order valence-corrected chi connectivity index (χ2v) is 2.83. The van der Waals surface area contributed by atoms with E-state index in [1.807, 2.05) is 0 Å². The molecular weight excluding hydrogens is 144 g/mol. The van der Waals surface area contributed by atoms with Gasteiger partial charge in [-0.2, -0.15) is 0 Å². The molecule has 0 aromatic heterocycles. The summed E-state index contributed by atoms with van der Waals surface area (Å²) in [5.41, 5.74) is 0. The van der Waals surface area contributed by atoms with Crippen LogP contribution in [0, 0.1) is 5.92 Å². The third-order valence-corrected chi connectivity index (χ3v) is 1.72. The highest BCUT2D eigenvalue weighted by Crippen LogP contribution is 2.02. The maximum atomic E-state index is 8.63. The van der Waals surface area contributed by atoms with E-state index in [2.05, 4.69) is 13.8 Å². The summed E-state index contributed by atoms with van der Waals surface area (Å²) in [5.74, 6) is 0.496. The van der Waals surface area contributed by atoms with E-state index in [0.29, 0.717) is 12.5 Å². The quantitative estimate of drug-likeness (QED) is 0.594. The van der Waals surface area contributed by atoms with Gasteiger partial charge in [-0.25, -0.2) is 0 Å². The van der Waals surface area contributed by atoms with E-state index in [4.69, 9.17) is 14.9 Å². The first-order valence-corrected chi connectivity index (χ1v) is 4.07. The molecule has 0 aliphatic rings. The first-order chi connectivity index (χ1) is 5.24. The summed E-state index contributed by atoms with van der Waals surface area (Å²) in [6.45, 7) is 4.56. The van der Waals surface area contributed by atoms with E-state index in [-0.39, 0.29) is 13.2 Å². The average Bonchev–Trinajstić information content (AvgIpc) is 2.06. The average molecular weight is 162 g/mol. The van der Waals surface area contributed by atoms with Crippen LogP contribution in [0.4, 0.5) is 0 Å². The van der Waals surface area contributed by atoms with Gasteiger partial charge >= 0.3 is 0 Å². The minimum Gasteiger partial charge on any atom is -0.394 e. The number of hydrogen-bond acceptors (Lipinski definition) is 3. The minimum atomic E-state index is -0.399. The monoisotopic (exact) mass is 162 g/mol. The van der Waals surface area contributed by atoms with Crippen LogP contribution in [0.5, 0.6) is 0 Å². The van der Waals surface area contributed by atoms with E-state index in [1.165, 1.54) is 0 Å². The highest BCUT2D eigenvalue weighted by atomic mass is 16.5. The standard InChI is InChI=1S/C8H18O3/c1-3-7(2)6-11-8(4-9)5-10/h7-10H,3-6H2,1-2H3. The third-order valence-electron chi connectivity index (χ3n) is 1.72. The van der Waals surface area contributed by atoms with Gasteiger partial charge in [0.15, 0.2) is 0 Å². The fourth-order valence-corrected chi connectivity index (χ4v) is 0.581. The lowest BCUT2D eigenvalue weighted by molar-refractivity contribution is -0.0317. The third kappa shape index (κ3) is 5.18. The van der Waals surface area contributed by atoms with Gasteiger partial charge in [-0.15, -0.1) is 0 Å². The zero-order chi connectivity index (χ0) is 8.69. The van der Waals surface area contributed by atoms with Crippen molar-refractivity contribution in [3.8, 4) is 0 Å².